The Morgan fingerprint density at radius 1 is 1.06 bits per heavy atom. The Labute approximate surface area is 112 Å². The van der Waals surface area contributed by atoms with Crippen molar-refractivity contribution in [3.8, 4) is 0 Å². The third-order valence-electron chi connectivity index (χ3n) is 6.09. The van der Waals surface area contributed by atoms with Gasteiger partial charge in [-0.2, -0.15) is 0 Å². The Morgan fingerprint density at radius 3 is 2.22 bits per heavy atom. The van der Waals surface area contributed by atoms with E-state index in [-0.39, 0.29) is 0 Å². The lowest BCUT2D eigenvalue weighted by Crippen LogP contribution is -2.57. The number of hydrogen-bond acceptors (Lipinski definition) is 2. The quantitative estimate of drug-likeness (QED) is 0.832. The molecular weight excluding hydrogens is 220 g/mol. The molecule has 2 bridgehead atoms. The Morgan fingerprint density at radius 2 is 1.67 bits per heavy atom. The Bertz CT molecular complexity index is 269. The zero-order valence-electron chi connectivity index (χ0n) is 12.0. The molecule has 0 radical (unpaired) electrons. The van der Waals surface area contributed by atoms with Crippen molar-refractivity contribution in [3.63, 3.8) is 0 Å². The van der Waals surface area contributed by atoms with Gasteiger partial charge in [0, 0.05) is 24.7 Å². The van der Waals surface area contributed by atoms with E-state index >= 15 is 0 Å². The first-order valence-corrected chi connectivity index (χ1v) is 8.24. The van der Waals surface area contributed by atoms with Gasteiger partial charge in [-0.15, -0.1) is 0 Å². The van der Waals surface area contributed by atoms with Crippen LogP contribution in [0.15, 0.2) is 0 Å². The van der Waals surface area contributed by atoms with E-state index in [2.05, 4.69) is 11.8 Å². The minimum absolute atomic E-state index is 0.484. The number of rotatable bonds is 3. The lowest BCUT2D eigenvalue weighted by Gasteiger charge is -2.51. The summed E-state index contributed by atoms with van der Waals surface area (Å²) in [4.78, 5) is 2.89. The van der Waals surface area contributed by atoms with E-state index in [4.69, 9.17) is 5.73 Å². The third kappa shape index (κ3) is 2.34. The molecule has 0 aromatic rings. The van der Waals surface area contributed by atoms with Crippen molar-refractivity contribution in [2.45, 2.75) is 89.3 Å². The molecule has 3 aliphatic rings. The SMILES string of the molecule is CCC1(CN2C3CCCC2CC(N)C3)CCCC1. The standard InChI is InChI=1S/C16H30N2/c1-2-16(8-3-4-9-16)12-18-14-6-5-7-15(18)11-13(17)10-14/h13-15H,2-12,17H2,1H3. The van der Waals surface area contributed by atoms with E-state index < -0.39 is 0 Å². The van der Waals surface area contributed by atoms with E-state index in [0.29, 0.717) is 11.5 Å². The first kappa shape index (κ1) is 12.9. The van der Waals surface area contributed by atoms with Crippen molar-refractivity contribution in [2.75, 3.05) is 6.54 Å². The highest BCUT2D eigenvalue weighted by molar-refractivity contribution is 4.97. The van der Waals surface area contributed by atoms with Crippen LogP contribution in [0.25, 0.3) is 0 Å². The molecule has 2 heteroatoms. The summed E-state index contributed by atoms with van der Waals surface area (Å²) in [7, 11) is 0. The van der Waals surface area contributed by atoms with E-state index in [0.717, 1.165) is 12.1 Å². The average Bonchev–Trinajstić information content (AvgIpc) is 2.80. The number of fused-ring (bicyclic) bond motifs is 2. The van der Waals surface area contributed by atoms with Gasteiger partial charge in [0.25, 0.3) is 0 Å². The highest BCUT2D eigenvalue weighted by Gasteiger charge is 2.42. The fraction of sp³-hybridized carbons (Fsp3) is 1.00. The molecule has 2 N–H and O–H groups in total. The van der Waals surface area contributed by atoms with Crippen LogP contribution < -0.4 is 5.73 Å². The molecule has 2 atom stereocenters. The van der Waals surface area contributed by atoms with Gasteiger partial charge in [0.15, 0.2) is 0 Å². The fourth-order valence-electron chi connectivity index (χ4n) is 4.91. The molecule has 2 aliphatic heterocycles. The van der Waals surface area contributed by atoms with Gasteiger partial charge in [-0.25, -0.2) is 0 Å². The minimum atomic E-state index is 0.484. The molecule has 1 aliphatic carbocycles. The van der Waals surface area contributed by atoms with Crippen LogP contribution in [-0.4, -0.2) is 29.6 Å². The molecule has 2 unspecified atom stereocenters. The second-order valence-corrected chi connectivity index (χ2v) is 7.20. The summed E-state index contributed by atoms with van der Waals surface area (Å²) in [6.07, 6.45) is 14.1. The predicted molar refractivity (Wildman–Crippen MR) is 76.5 cm³/mol. The number of piperidine rings is 2. The van der Waals surface area contributed by atoms with Crippen molar-refractivity contribution in [1.29, 1.82) is 0 Å². The Kier molecular flexibility index (Phi) is 3.68. The van der Waals surface area contributed by atoms with E-state index in [9.17, 15) is 0 Å². The molecule has 1 saturated carbocycles. The van der Waals surface area contributed by atoms with Gasteiger partial charge in [-0.3, -0.25) is 4.90 Å². The Balaban J connectivity index is 1.71. The van der Waals surface area contributed by atoms with Gasteiger partial charge in [0.05, 0.1) is 0 Å². The maximum absolute atomic E-state index is 6.23. The lowest BCUT2D eigenvalue weighted by molar-refractivity contribution is -0.00486. The summed E-state index contributed by atoms with van der Waals surface area (Å²) in [5.41, 5.74) is 6.90. The molecular formula is C16H30N2. The van der Waals surface area contributed by atoms with Crippen molar-refractivity contribution >= 4 is 0 Å². The van der Waals surface area contributed by atoms with Crippen LogP contribution in [0.3, 0.4) is 0 Å². The zero-order chi connectivity index (χ0) is 12.6. The maximum Gasteiger partial charge on any atom is 0.0113 e. The second-order valence-electron chi connectivity index (χ2n) is 7.20. The number of hydrogen-bond donors (Lipinski definition) is 1. The minimum Gasteiger partial charge on any atom is -0.328 e. The first-order chi connectivity index (χ1) is 8.72. The summed E-state index contributed by atoms with van der Waals surface area (Å²) in [6, 6.07) is 2.12. The molecule has 3 fully saturated rings. The average molecular weight is 250 g/mol. The highest BCUT2D eigenvalue weighted by Crippen LogP contribution is 2.44. The van der Waals surface area contributed by atoms with Gasteiger partial charge in [0.2, 0.25) is 0 Å². The Hall–Kier alpha value is -0.0800. The van der Waals surface area contributed by atoms with Crippen molar-refractivity contribution in [2.24, 2.45) is 11.1 Å². The largest absolute Gasteiger partial charge is 0.328 e. The van der Waals surface area contributed by atoms with Crippen LogP contribution in [-0.2, 0) is 0 Å². The van der Waals surface area contributed by atoms with E-state index in [1.807, 2.05) is 0 Å². The van der Waals surface area contributed by atoms with Crippen LogP contribution in [0.5, 0.6) is 0 Å². The summed E-state index contributed by atoms with van der Waals surface area (Å²) in [5.74, 6) is 0. The highest BCUT2D eigenvalue weighted by atomic mass is 15.2. The maximum atomic E-state index is 6.23. The van der Waals surface area contributed by atoms with Crippen LogP contribution in [0.4, 0.5) is 0 Å². The number of nitrogens with zero attached hydrogens (tertiary/aromatic N) is 1. The molecule has 2 heterocycles. The third-order valence-corrected chi connectivity index (χ3v) is 6.09. The lowest BCUT2D eigenvalue weighted by atomic mass is 9.77. The van der Waals surface area contributed by atoms with Gasteiger partial charge in [0.1, 0.15) is 0 Å². The monoisotopic (exact) mass is 250 g/mol. The molecule has 2 saturated heterocycles. The van der Waals surface area contributed by atoms with Crippen molar-refractivity contribution in [1.82, 2.24) is 4.90 Å². The molecule has 0 spiro atoms. The molecule has 104 valence electrons. The van der Waals surface area contributed by atoms with E-state index in [1.54, 1.807) is 0 Å². The smallest absolute Gasteiger partial charge is 0.0113 e. The van der Waals surface area contributed by atoms with Crippen molar-refractivity contribution in [3.05, 3.63) is 0 Å². The molecule has 0 aromatic carbocycles. The second kappa shape index (κ2) is 5.13. The fourth-order valence-corrected chi connectivity index (χ4v) is 4.91. The summed E-state index contributed by atoms with van der Waals surface area (Å²) in [5, 5.41) is 0. The molecule has 2 nitrogen and oxygen atoms in total. The number of nitrogens with two attached hydrogens (primary N) is 1. The molecule has 18 heavy (non-hydrogen) atoms. The predicted octanol–water partition coefficient (Wildman–Crippen LogP) is 3.30. The molecule has 0 amide bonds. The van der Waals surface area contributed by atoms with Gasteiger partial charge in [-0.1, -0.05) is 26.2 Å². The molecule has 3 rings (SSSR count). The summed E-state index contributed by atoms with van der Waals surface area (Å²) < 4.78 is 0. The summed E-state index contributed by atoms with van der Waals surface area (Å²) >= 11 is 0. The van der Waals surface area contributed by atoms with Gasteiger partial charge in [-0.05, 0) is 50.4 Å². The van der Waals surface area contributed by atoms with Crippen LogP contribution in [0.2, 0.25) is 0 Å². The van der Waals surface area contributed by atoms with E-state index in [1.165, 1.54) is 70.8 Å². The van der Waals surface area contributed by atoms with Crippen molar-refractivity contribution < 1.29 is 0 Å². The normalized spacial score (nSPS) is 40.0. The summed E-state index contributed by atoms with van der Waals surface area (Å²) in [6.45, 7) is 3.79. The van der Waals surface area contributed by atoms with Crippen LogP contribution >= 0.6 is 0 Å². The topological polar surface area (TPSA) is 29.3 Å². The first-order valence-electron chi connectivity index (χ1n) is 8.24. The van der Waals surface area contributed by atoms with Crippen LogP contribution in [0, 0.1) is 5.41 Å². The van der Waals surface area contributed by atoms with Gasteiger partial charge >= 0.3 is 0 Å². The molecule has 0 aromatic heterocycles. The van der Waals surface area contributed by atoms with Crippen LogP contribution in [0.1, 0.15) is 71.1 Å². The zero-order valence-corrected chi connectivity index (χ0v) is 12.0. The van der Waals surface area contributed by atoms with Gasteiger partial charge < -0.3 is 5.73 Å².